The summed E-state index contributed by atoms with van der Waals surface area (Å²) in [6.45, 7) is 3.42. The van der Waals surface area contributed by atoms with E-state index in [2.05, 4.69) is 15.1 Å². The SMILES string of the molecule is CN(C[C@@H]1CN([C@@H]2CCOC2=O)CCO1)c1cccnn1. The van der Waals surface area contributed by atoms with Crippen LogP contribution < -0.4 is 4.90 Å². The van der Waals surface area contributed by atoms with E-state index in [1.165, 1.54) is 0 Å². The summed E-state index contributed by atoms with van der Waals surface area (Å²) in [5.74, 6) is 0.719. The first-order valence-corrected chi connectivity index (χ1v) is 7.25. The molecule has 2 aliphatic rings. The zero-order chi connectivity index (χ0) is 14.7. The number of cyclic esters (lactones) is 1. The normalized spacial score (nSPS) is 26.6. The number of aromatic nitrogens is 2. The molecule has 3 rings (SSSR count). The molecular formula is C14H20N4O3. The Morgan fingerprint density at radius 1 is 1.48 bits per heavy atom. The molecule has 2 atom stereocenters. The summed E-state index contributed by atoms with van der Waals surface area (Å²) < 4.78 is 10.9. The lowest BCUT2D eigenvalue weighted by atomic mass is 10.1. The molecule has 0 spiro atoms. The summed E-state index contributed by atoms with van der Waals surface area (Å²) in [4.78, 5) is 15.9. The zero-order valence-corrected chi connectivity index (χ0v) is 12.1. The molecule has 3 heterocycles. The van der Waals surface area contributed by atoms with Crippen LogP contribution >= 0.6 is 0 Å². The number of nitrogens with zero attached hydrogens (tertiary/aromatic N) is 4. The molecule has 0 saturated carbocycles. The third-order valence-electron chi connectivity index (χ3n) is 3.95. The van der Waals surface area contributed by atoms with Gasteiger partial charge in [0.25, 0.3) is 0 Å². The van der Waals surface area contributed by atoms with Crippen LogP contribution in [0.4, 0.5) is 5.82 Å². The number of morpholine rings is 1. The number of hydrogen-bond acceptors (Lipinski definition) is 7. The van der Waals surface area contributed by atoms with Gasteiger partial charge in [-0.3, -0.25) is 9.69 Å². The molecular weight excluding hydrogens is 272 g/mol. The van der Waals surface area contributed by atoms with Gasteiger partial charge in [0, 0.05) is 39.3 Å². The number of carbonyl (C=O) groups excluding carboxylic acids is 1. The van der Waals surface area contributed by atoms with Crippen LogP contribution in [0.3, 0.4) is 0 Å². The highest BCUT2D eigenvalue weighted by atomic mass is 16.5. The lowest BCUT2D eigenvalue weighted by molar-refractivity contribution is -0.144. The molecule has 0 aliphatic carbocycles. The Balaban J connectivity index is 1.57. The predicted octanol–water partition coefficient (Wildman–Crippen LogP) is -0.0709. The predicted molar refractivity (Wildman–Crippen MR) is 76.0 cm³/mol. The van der Waals surface area contributed by atoms with Gasteiger partial charge in [0.2, 0.25) is 0 Å². The third-order valence-corrected chi connectivity index (χ3v) is 3.95. The minimum Gasteiger partial charge on any atom is -0.464 e. The molecule has 7 heteroatoms. The quantitative estimate of drug-likeness (QED) is 0.720. The Morgan fingerprint density at radius 3 is 3.10 bits per heavy atom. The second-order valence-electron chi connectivity index (χ2n) is 5.42. The van der Waals surface area contributed by atoms with Gasteiger partial charge in [0.15, 0.2) is 5.82 Å². The fraction of sp³-hybridized carbons (Fsp3) is 0.643. The molecule has 0 amide bonds. The van der Waals surface area contributed by atoms with E-state index in [-0.39, 0.29) is 18.1 Å². The van der Waals surface area contributed by atoms with Crippen molar-refractivity contribution in [3.8, 4) is 0 Å². The molecule has 2 saturated heterocycles. The molecule has 0 bridgehead atoms. The third kappa shape index (κ3) is 3.30. The molecule has 7 nitrogen and oxygen atoms in total. The Labute approximate surface area is 123 Å². The zero-order valence-electron chi connectivity index (χ0n) is 12.1. The average Bonchev–Trinajstić information content (AvgIpc) is 2.94. The van der Waals surface area contributed by atoms with Crippen molar-refractivity contribution in [3.05, 3.63) is 18.3 Å². The van der Waals surface area contributed by atoms with E-state index >= 15 is 0 Å². The maximum atomic E-state index is 11.7. The summed E-state index contributed by atoms with van der Waals surface area (Å²) in [6.07, 6.45) is 2.49. The molecule has 0 aromatic carbocycles. The summed E-state index contributed by atoms with van der Waals surface area (Å²) >= 11 is 0. The van der Waals surface area contributed by atoms with E-state index < -0.39 is 0 Å². The van der Waals surface area contributed by atoms with E-state index in [9.17, 15) is 4.79 Å². The van der Waals surface area contributed by atoms with Crippen molar-refractivity contribution in [1.82, 2.24) is 15.1 Å². The highest BCUT2D eigenvalue weighted by molar-refractivity contribution is 5.77. The largest absolute Gasteiger partial charge is 0.464 e. The van der Waals surface area contributed by atoms with E-state index in [0.29, 0.717) is 13.2 Å². The van der Waals surface area contributed by atoms with Crippen LogP contribution in [0, 0.1) is 0 Å². The van der Waals surface area contributed by atoms with E-state index in [1.807, 2.05) is 24.1 Å². The molecule has 1 aromatic heterocycles. The van der Waals surface area contributed by atoms with Crippen molar-refractivity contribution < 1.29 is 14.3 Å². The second-order valence-corrected chi connectivity index (χ2v) is 5.42. The van der Waals surface area contributed by atoms with Crippen LogP contribution in [-0.2, 0) is 14.3 Å². The number of ether oxygens (including phenoxy) is 2. The van der Waals surface area contributed by atoms with Crippen LogP contribution in [-0.4, -0.2) is 73.1 Å². The maximum Gasteiger partial charge on any atom is 0.323 e. The van der Waals surface area contributed by atoms with Gasteiger partial charge in [-0.1, -0.05) is 0 Å². The summed E-state index contributed by atoms with van der Waals surface area (Å²) in [7, 11) is 1.97. The van der Waals surface area contributed by atoms with Crippen molar-refractivity contribution in [3.63, 3.8) is 0 Å². The number of hydrogen-bond donors (Lipinski definition) is 0. The van der Waals surface area contributed by atoms with Crippen LogP contribution in [0.25, 0.3) is 0 Å². The van der Waals surface area contributed by atoms with Gasteiger partial charge >= 0.3 is 5.97 Å². The summed E-state index contributed by atoms with van der Waals surface area (Å²) in [5.41, 5.74) is 0. The fourth-order valence-corrected chi connectivity index (χ4v) is 2.85. The number of esters is 1. The number of anilines is 1. The molecule has 2 aliphatic heterocycles. The Kier molecular flexibility index (Phi) is 4.31. The topological polar surface area (TPSA) is 67.8 Å². The number of likely N-dealkylation sites (N-methyl/N-ethyl adjacent to an activating group) is 1. The highest BCUT2D eigenvalue weighted by Crippen LogP contribution is 2.18. The van der Waals surface area contributed by atoms with Gasteiger partial charge in [0.05, 0.1) is 19.3 Å². The van der Waals surface area contributed by atoms with Crippen molar-refractivity contribution in [2.75, 3.05) is 44.8 Å². The molecule has 0 radical (unpaired) electrons. The maximum absolute atomic E-state index is 11.7. The monoisotopic (exact) mass is 292 g/mol. The first-order chi connectivity index (χ1) is 10.2. The lowest BCUT2D eigenvalue weighted by Gasteiger charge is -2.36. The number of rotatable bonds is 4. The first-order valence-electron chi connectivity index (χ1n) is 7.25. The van der Waals surface area contributed by atoms with Gasteiger partial charge in [-0.2, -0.15) is 5.10 Å². The van der Waals surface area contributed by atoms with E-state index in [1.54, 1.807) is 6.20 Å². The van der Waals surface area contributed by atoms with Crippen molar-refractivity contribution in [1.29, 1.82) is 0 Å². The van der Waals surface area contributed by atoms with Crippen LogP contribution in [0.5, 0.6) is 0 Å². The van der Waals surface area contributed by atoms with Gasteiger partial charge in [-0.25, -0.2) is 0 Å². The Morgan fingerprint density at radius 2 is 2.38 bits per heavy atom. The van der Waals surface area contributed by atoms with E-state index in [4.69, 9.17) is 9.47 Å². The van der Waals surface area contributed by atoms with Crippen molar-refractivity contribution >= 4 is 11.8 Å². The Hall–Kier alpha value is -1.73. The van der Waals surface area contributed by atoms with Gasteiger partial charge < -0.3 is 14.4 Å². The fourth-order valence-electron chi connectivity index (χ4n) is 2.85. The molecule has 2 fully saturated rings. The van der Waals surface area contributed by atoms with Crippen molar-refractivity contribution in [2.24, 2.45) is 0 Å². The van der Waals surface area contributed by atoms with Crippen molar-refractivity contribution in [2.45, 2.75) is 18.6 Å². The van der Waals surface area contributed by atoms with Gasteiger partial charge in [0.1, 0.15) is 6.04 Å². The molecule has 0 N–H and O–H groups in total. The Bertz CT molecular complexity index is 484. The van der Waals surface area contributed by atoms with Crippen LogP contribution in [0.15, 0.2) is 18.3 Å². The van der Waals surface area contributed by atoms with Gasteiger partial charge in [-0.05, 0) is 12.1 Å². The molecule has 0 unspecified atom stereocenters. The molecule has 21 heavy (non-hydrogen) atoms. The molecule has 114 valence electrons. The molecule has 1 aromatic rings. The first kappa shape index (κ1) is 14.2. The summed E-state index contributed by atoms with van der Waals surface area (Å²) in [5, 5.41) is 7.97. The van der Waals surface area contributed by atoms with Gasteiger partial charge in [-0.15, -0.1) is 5.10 Å². The van der Waals surface area contributed by atoms with E-state index in [0.717, 1.165) is 31.9 Å². The summed E-state index contributed by atoms with van der Waals surface area (Å²) in [6, 6.07) is 3.68. The second kappa shape index (κ2) is 6.36. The van der Waals surface area contributed by atoms with Crippen LogP contribution in [0.2, 0.25) is 0 Å². The minimum atomic E-state index is -0.0991. The highest BCUT2D eigenvalue weighted by Gasteiger charge is 2.35. The smallest absolute Gasteiger partial charge is 0.323 e. The minimum absolute atomic E-state index is 0.0548. The standard InChI is InChI=1S/C14H20N4O3/c1-17(13-3-2-5-15-16-13)9-11-10-18(6-8-20-11)12-4-7-21-14(12)19/h2-3,5,11-12H,4,6-10H2,1H3/t11-,12-/m1/s1. The van der Waals surface area contributed by atoms with Crippen LogP contribution in [0.1, 0.15) is 6.42 Å². The lowest BCUT2D eigenvalue weighted by Crippen LogP contribution is -2.52. The average molecular weight is 292 g/mol. The number of carbonyl (C=O) groups is 1.